The number of carboxylic acids is 1. The number of rotatable bonds is 11. The van der Waals surface area contributed by atoms with E-state index in [1.165, 1.54) is 6.07 Å². The maximum atomic E-state index is 13.7. The summed E-state index contributed by atoms with van der Waals surface area (Å²) in [4.78, 5) is 25.6. The quantitative estimate of drug-likeness (QED) is 0.172. The number of carbonyl (C=O) groups excluding carboxylic acids is 1. The molecule has 9 heteroatoms. The first-order valence-corrected chi connectivity index (χ1v) is 16.1. The summed E-state index contributed by atoms with van der Waals surface area (Å²) in [6, 6.07) is 32.0. The standard InChI is InChI=1S/C34H30N2O5S2/c1-2-11-29-28(32(34(38)39)42-35-29)22-23-18-20-24(21-19-23)27-16-9-10-17-30(27)43(40,41)36-33(37)31(25-12-5-3-6-13-25)26-14-7-4-8-15-26/h3-10,12-21,31H,2,11,22H2,1H3,(H,36,37)(H,38,39). The van der Waals surface area contributed by atoms with Crippen molar-refractivity contribution in [1.29, 1.82) is 0 Å². The molecule has 0 atom stereocenters. The molecule has 0 radical (unpaired) electrons. The number of benzene rings is 4. The van der Waals surface area contributed by atoms with Crippen LogP contribution in [0.3, 0.4) is 0 Å². The van der Waals surface area contributed by atoms with Gasteiger partial charge in [0.15, 0.2) is 0 Å². The summed E-state index contributed by atoms with van der Waals surface area (Å²) in [5.74, 6) is -2.46. The van der Waals surface area contributed by atoms with Crippen LogP contribution >= 0.6 is 11.5 Å². The number of nitrogens with zero attached hydrogens (tertiary/aromatic N) is 1. The first kappa shape index (κ1) is 29.9. The summed E-state index contributed by atoms with van der Waals surface area (Å²) in [6.07, 6.45) is 1.96. The summed E-state index contributed by atoms with van der Waals surface area (Å²) in [5.41, 5.74) is 4.84. The summed E-state index contributed by atoms with van der Waals surface area (Å²) in [6.45, 7) is 2.02. The average Bonchev–Trinajstić information content (AvgIpc) is 3.41. The van der Waals surface area contributed by atoms with Crippen LogP contribution in [0.25, 0.3) is 11.1 Å². The summed E-state index contributed by atoms with van der Waals surface area (Å²) in [5, 5.41) is 9.63. The maximum absolute atomic E-state index is 13.7. The summed E-state index contributed by atoms with van der Waals surface area (Å²) in [7, 11) is -4.25. The van der Waals surface area contributed by atoms with E-state index < -0.39 is 27.8 Å². The van der Waals surface area contributed by atoms with Crippen molar-refractivity contribution in [2.75, 3.05) is 0 Å². The van der Waals surface area contributed by atoms with Crippen LogP contribution in [0.5, 0.6) is 0 Å². The molecule has 1 aromatic heterocycles. The largest absolute Gasteiger partial charge is 0.477 e. The smallest absolute Gasteiger partial charge is 0.347 e. The fourth-order valence-electron chi connectivity index (χ4n) is 5.10. The Labute approximate surface area is 255 Å². The summed E-state index contributed by atoms with van der Waals surface area (Å²) < 4.78 is 34.1. The Morgan fingerprint density at radius 1 is 0.837 bits per heavy atom. The molecule has 4 aromatic carbocycles. The van der Waals surface area contributed by atoms with Crippen LogP contribution in [-0.4, -0.2) is 29.8 Å². The highest BCUT2D eigenvalue weighted by atomic mass is 32.2. The lowest BCUT2D eigenvalue weighted by molar-refractivity contribution is -0.119. The molecule has 5 aromatic rings. The van der Waals surface area contributed by atoms with E-state index in [9.17, 15) is 23.1 Å². The highest BCUT2D eigenvalue weighted by Gasteiger charge is 2.29. The lowest BCUT2D eigenvalue weighted by Crippen LogP contribution is -2.35. The third kappa shape index (κ3) is 6.74. The molecule has 7 nitrogen and oxygen atoms in total. The molecule has 1 amide bonds. The zero-order valence-electron chi connectivity index (χ0n) is 23.4. The number of amides is 1. The minimum atomic E-state index is -4.25. The number of aromatic carboxylic acids is 1. The van der Waals surface area contributed by atoms with Crippen molar-refractivity contribution in [3.8, 4) is 11.1 Å². The van der Waals surface area contributed by atoms with E-state index >= 15 is 0 Å². The second-order valence-electron chi connectivity index (χ2n) is 10.1. The van der Waals surface area contributed by atoms with Crippen LogP contribution in [0.2, 0.25) is 0 Å². The third-order valence-electron chi connectivity index (χ3n) is 7.14. The predicted molar refractivity (Wildman–Crippen MR) is 168 cm³/mol. The van der Waals surface area contributed by atoms with Crippen molar-refractivity contribution in [1.82, 2.24) is 9.10 Å². The molecular weight excluding hydrogens is 581 g/mol. The minimum Gasteiger partial charge on any atom is -0.477 e. The van der Waals surface area contributed by atoms with Crippen molar-refractivity contribution >= 4 is 33.4 Å². The van der Waals surface area contributed by atoms with Gasteiger partial charge in [-0.25, -0.2) is 17.9 Å². The Kier molecular flexibility index (Phi) is 9.13. The minimum absolute atomic E-state index is 0.0172. The fraction of sp³-hybridized carbons (Fsp3) is 0.147. The molecule has 218 valence electrons. The normalized spacial score (nSPS) is 11.4. The SMILES string of the molecule is CCCc1nsc(C(=O)O)c1Cc1ccc(-c2ccccc2S(=O)(=O)NC(=O)C(c2ccccc2)c2ccccc2)cc1. The number of hydrogen-bond donors (Lipinski definition) is 2. The van der Waals surface area contributed by atoms with E-state index in [0.29, 0.717) is 40.7 Å². The monoisotopic (exact) mass is 610 g/mol. The molecule has 43 heavy (non-hydrogen) atoms. The van der Waals surface area contributed by atoms with Crippen molar-refractivity contribution in [3.05, 3.63) is 142 Å². The van der Waals surface area contributed by atoms with Gasteiger partial charge in [-0.3, -0.25) is 4.79 Å². The molecule has 0 aliphatic heterocycles. The Balaban J connectivity index is 1.43. The second-order valence-corrected chi connectivity index (χ2v) is 12.5. The molecule has 5 rings (SSSR count). The number of hydrogen-bond acceptors (Lipinski definition) is 6. The Bertz CT molecular complexity index is 1800. The number of sulfonamides is 1. The number of aryl methyl sites for hydroxylation is 1. The van der Waals surface area contributed by atoms with Crippen LogP contribution < -0.4 is 4.72 Å². The van der Waals surface area contributed by atoms with E-state index in [4.69, 9.17) is 0 Å². The second kappa shape index (κ2) is 13.1. The fourth-order valence-corrected chi connectivity index (χ4v) is 7.11. The highest BCUT2D eigenvalue weighted by Crippen LogP contribution is 2.31. The van der Waals surface area contributed by atoms with Gasteiger partial charge in [-0.15, -0.1) is 0 Å². The van der Waals surface area contributed by atoms with Gasteiger partial charge in [-0.1, -0.05) is 116 Å². The van der Waals surface area contributed by atoms with Crippen LogP contribution in [0, 0.1) is 0 Å². The van der Waals surface area contributed by atoms with E-state index in [2.05, 4.69) is 9.10 Å². The predicted octanol–water partition coefficient (Wildman–Crippen LogP) is 6.69. The van der Waals surface area contributed by atoms with Gasteiger partial charge < -0.3 is 5.11 Å². The number of aromatic nitrogens is 1. The lowest BCUT2D eigenvalue weighted by atomic mass is 9.91. The molecule has 0 bridgehead atoms. The molecule has 0 unspecified atom stereocenters. The summed E-state index contributed by atoms with van der Waals surface area (Å²) >= 11 is 1.00. The maximum Gasteiger partial charge on any atom is 0.347 e. The van der Waals surface area contributed by atoms with Gasteiger partial charge in [0.25, 0.3) is 10.0 Å². The van der Waals surface area contributed by atoms with Crippen LogP contribution in [0.15, 0.2) is 114 Å². The van der Waals surface area contributed by atoms with Crippen molar-refractivity contribution in [3.63, 3.8) is 0 Å². The molecule has 0 aliphatic rings. The molecule has 0 saturated carbocycles. The molecule has 2 N–H and O–H groups in total. The highest BCUT2D eigenvalue weighted by molar-refractivity contribution is 7.90. The Morgan fingerprint density at radius 3 is 2.00 bits per heavy atom. The number of carbonyl (C=O) groups is 2. The third-order valence-corrected chi connectivity index (χ3v) is 9.46. The van der Waals surface area contributed by atoms with E-state index in [1.807, 2.05) is 67.6 Å². The molecule has 0 fully saturated rings. The van der Waals surface area contributed by atoms with Crippen molar-refractivity contribution in [2.24, 2.45) is 0 Å². The zero-order chi connectivity index (χ0) is 30.4. The van der Waals surface area contributed by atoms with Gasteiger partial charge in [0, 0.05) is 17.5 Å². The van der Waals surface area contributed by atoms with Gasteiger partial charge in [0.2, 0.25) is 5.91 Å². The zero-order valence-corrected chi connectivity index (χ0v) is 25.1. The molecule has 0 spiro atoms. The van der Waals surface area contributed by atoms with Crippen molar-refractivity contribution in [2.45, 2.75) is 37.0 Å². The molecule has 0 saturated heterocycles. The number of nitrogens with one attached hydrogen (secondary N) is 1. The first-order valence-electron chi connectivity index (χ1n) is 13.8. The average molecular weight is 611 g/mol. The number of carboxylic acid groups (broad SMARTS) is 1. The van der Waals surface area contributed by atoms with E-state index in [1.54, 1.807) is 42.5 Å². The van der Waals surface area contributed by atoms with Gasteiger partial charge in [0.1, 0.15) is 4.88 Å². The van der Waals surface area contributed by atoms with Gasteiger partial charge in [-0.2, -0.15) is 4.37 Å². The van der Waals surface area contributed by atoms with Gasteiger partial charge in [-0.05, 0) is 46.3 Å². The molecule has 1 heterocycles. The molecular formula is C34H30N2O5S2. The van der Waals surface area contributed by atoms with Crippen LogP contribution in [0.1, 0.15) is 56.9 Å². The van der Waals surface area contributed by atoms with E-state index in [-0.39, 0.29) is 9.77 Å². The van der Waals surface area contributed by atoms with Crippen LogP contribution in [-0.2, 0) is 27.7 Å². The molecule has 0 aliphatic carbocycles. The lowest BCUT2D eigenvalue weighted by Gasteiger charge is -2.19. The van der Waals surface area contributed by atoms with E-state index in [0.717, 1.165) is 29.2 Å². The van der Waals surface area contributed by atoms with Gasteiger partial charge >= 0.3 is 5.97 Å². The van der Waals surface area contributed by atoms with Gasteiger partial charge in [0.05, 0.1) is 16.5 Å². The first-order chi connectivity index (χ1) is 20.8. The topological polar surface area (TPSA) is 113 Å². The Morgan fingerprint density at radius 2 is 1.42 bits per heavy atom. The van der Waals surface area contributed by atoms with Crippen LogP contribution in [0.4, 0.5) is 0 Å². The van der Waals surface area contributed by atoms with Crippen molar-refractivity contribution < 1.29 is 23.1 Å². The Hall–Kier alpha value is -4.60.